The van der Waals surface area contributed by atoms with Gasteiger partial charge in [-0.25, -0.2) is 0 Å². The van der Waals surface area contributed by atoms with Crippen LogP contribution in [0.2, 0.25) is 0 Å². The van der Waals surface area contributed by atoms with Gasteiger partial charge in [0, 0.05) is 31.2 Å². The first kappa shape index (κ1) is 16.3. The molecule has 1 aromatic carbocycles. The lowest BCUT2D eigenvalue weighted by Gasteiger charge is -2.49. The molecule has 1 fully saturated rings. The van der Waals surface area contributed by atoms with Gasteiger partial charge in [0.1, 0.15) is 5.75 Å². The Morgan fingerprint density at radius 3 is 2.38 bits per heavy atom. The second-order valence-electron chi connectivity index (χ2n) is 6.15. The van der Waals surface area contributed by atoms with Crippen LogP contribution in [-0.4, -0.2) is 36.7 Å². The van der Waals surface area contributed by atoms with E-state index in [1.54, 1.807) is 7.11 Å². The van der Waals surface area contributed by atoms with Crippen molar-refractivity contribution < 1.29 is 4.74 Å². The van der Waals surface area contributed by atoms with Gasteiger partial charge in [0.2, 0.25) is 0 Å². The van der Waals surface area contributed by atoms with Crippen LogP contribution in [0.4, 0.5) is 0 Å². The van der Waals surface area contributed by atoms with Gasteiger partial charge in [0.15, 0.2) is 0 Å². The molecule has 0 amide bonds. The van der Waals surface area contributed by atoms with Gasteiger partial charge in [-0.15, -0.1) is 0 Å². The average Bonchev–Trinajstić information content (AvgIpc) is 2.55. The van der Waals surface area contributed by atoms with E-state index in [4.69, 9.17) is 4.74 Å². The lowest BCUT2D eigenvalue weighted by molar-refractivity contribution is 0.0238. The minimum Gasteiger partial charge on any atom is -0.497 e. The standard InChI is InChI=1S/C18H30N2O/c1-5-16-13-20(18(6-2,7-3)14-19-16)12-15-8-10-17(21-4)11-9-15/h8-11,16,19H,5-7,12-14H2,1-4H3. The minimum atomic E-state index is 0.297. The molecular formula is C18H30N2O. The number of hydrogen-bond donors (Lipinski definition) is 1. The highest BCUT2D eigenvalue weighted by molar-refractivity contribution is 5.27. The smallest absolute Gasteiger partial charge is 0.118 e. The summed E-state index contributed by atoms with van der Waals surface area (Å²) in [5.74, 6) is 0.933. The van der Waals surface area contributed by atoms with Crippen molar-refractivity contribution in [2.75, 3.05) is 20.2 Å². The highest BCUT2D eigenvalue weighted by Gasteiger charge is 2.38. The maximum atomic E-state index is 5.25. The highest BCUT2D eigenvalue weighted by atomic mass is 16.5. The Bertz CT molecular complexity index is 425. The molecule has 1 aliphatic heterocycles. The van der Waals surface area contributed by atoms with Gasteiger partial charge in [-0.05, 0) is 37.0 Å². The van der Waals surface area contributed by atoms with E-state index in [1.807, 2.05) is 0 Å². The zero-order valence-electron chi connectivity index (χ0n) is 14.0. The number of benzene rings is 1. The Kier molecular flexibility index (Phi) is 5.65. The summed E-state index contributed by atoms with van der Waals surface area (Å²) in [7, 11) is 1.72. The molecule has 1 heterocycles. The van der Waals surface area contributed by atoms with Gasteiger partial charge in [-0.3, -0.25) is 4.90 Å². The van der Waals surface area contributed by atoms with Crippen molar-refractivity contribution in [3.8, 4) is 5.75 Å². The largest absolute Gasteiger partial charge is 0.497 e. The molecule has 1 unspecified atom stereocenters. The Hall–Kier alpha value is -1.06. The normalized spacial score (nSPS) is 22.2. The maximum absolute atomic E-state index is 5.25. The van der Waals surface area contributed by atoms with E-state index in [1.165, 1.54) is 24.8 Å². The molecule has 118 valence electrons. The maximum Gasteiger partial charge on any atom is 0.118 e. The van der Waals surface area contributed by atoms with Crippen LogP contribution in [0.5, 0.6) is 5.75 Å². The predicted molar refractivity (Wildman–Crippen MR) is 88.8 cm³/mol. The summed E-state index contributed by atoms with van der Waals surface area (Å²) in [6.07, 6.45) is 3.59. The second kappa shape index (κ2) is 7.28. The second-order valence-corrected chi connectivity index (χ2v) is 6.15. The number of methoxy groups -OCH3 is 1. The number of ether oxygens (including phenoxy) is 1. The Morgan fingerprint density at radius 2 is 1.86 bits per heavy atom. The first-order valence-electron chi connectivity index (χ1n) is 8.28. The monoisotopic (exact) mass is 290 g/mol. The van der Waals surface area contributed by atoms with E-state index in [0.717, 1.165) is 25.4 Å². The Morgan fingerprint density at radius 1 is 1.19 bits per heavy atom. The summed E-state index contributed by atoms with van der Waals surface area (Å²) >= 11 is 0. The molecule has 1 aliphatic rings. The summed E-state index contributed by atoms with van der Waals surface area (Å²) in [4.78, 5) is 2.69. The fraction of sp³-hybridized carbons (Fsp3) is 0.667. The molecule has 1 atom stereocenters. The van der Waals surface area contributed by atoms with Crippen molar-refractivity contribution in [1.29, 1.82) is 0 Å². The molecule has 0 aliphatic carbocycles. The minimum absolute atomic E-state index is 0.297. The van der Waals surface area contributed by atoms with Crippen molar-refractivity contribution in [3.63, 3.8) is 0 Å². The van der Waals surface area contributed by atoms with Crippen LogP contribution in [0.25, 0.3) is 0 Å². The third kappa shape index (κ3) is 3.58. The number of rotatable bonds is 6. The molecule has 0 radical (unpaired) electrons. The number of nitrogens with one attached hydrogen (secondary N) is 1. The first-order valence-corrected chi connectivity index (χ1v) is 8.28. The van der Waals surface area contributed by atoms with Crippen LogP contribution in [-0.2, 0) is 6.54 Å². The van der Waals surface area contributed by atoms with Crippen LogP contribution < -0.4 is 10.1 Å². The van der Waals surface area contributed by atoms with Crippen LogP contribution in [0.15, 0.2) is 24.3 Å². The highest BCUT2D eigenvalue weighted by Crippen LogP contribution is 2.29. The summed E-state index contributed by atoms with van der Waals surface area (Å²) in [5.41, 5.74) is 1.67. The zero-order valence-corrected chi connectivity index (χ0v) is 14.0. The third-order valence-corrected chi connectivity index (χ3v) is 5.17. The summed E-state index contributed by atoms with van der Waals surface area (Å²) in [6.45, 7) is 10.2. The van der Waals surface area contributed by atoms with Gasteiger partial charge in [0.25, 0.3) is 0 Å². The Balaban J connectivity index is 2.14. The molecule has 3 heteroatoms. The Labute approximate surface area is 129 Å². The SMILES string of the molecule is CCC1CN(Cc2ccc(OC)cc2)C(CC)(CC)CN1. The van der Waals surface area contributed by atoms with Gasteiger partial charge < -0.3 is 10.1 Å². The van der Waals surface area contributed by atoms with Gasteiger partial charge in [-0.1, -0.05) is 32.9 Å². The van der Waals surface area contributed by atoms with Crippen LogP contribution in [0.1, 0.15) is 45.6 Å². The number of nitrogens with zero attached hydrogens (tertiary/aromatic N) is 1. The van der Waals surface area contributed by atoms with Crippen molar-refractivity contribution in [1.82, 2.24) is 10.2 Å². The van der Waals surface area contributed by atoms with Crippen LogP contribution in [0, 0.1) is 0 Å². The molecular weight excluding hydrogens is 260 g/mol. The number of piperazine rings is 1. The fourth-order valence-corrected chi connectivity index (χ4v) is 3.37. The molecule has 3 nitrogen and oxygen atoms in total. The molecule has 0 bridgehead atoms. The molecule has 21 heavy (non-hydrogen) atoms. The van der Waals surface area contributed by atoms with E-state index >= 15 is 0 Å². The fourth-order valence-electron chi connectivity index (χ4n) is 3.37. The van der Waals surface area contributed by atoms with Gasteiger partial charge >= 0.3 is 0 Å². The predicted octanol–water partition coefficient (Wildman–Crippen LogP) is 3.44. The van der Waals surface area contributed by atoms with Crippen LogP contribution in [0.3, 0.4) is 0 Å². The molecule has 0 spiro atoms. The lowest BCUT2D eigenvalue weighted by Crippen LogP contribution is -2.63. The van der Waals surface area contributed by atoms with E-state index < -0.39 is 0 Å². The third-order valence-electron chi connectivity index (χ3n) is 5.17. The summed E-state index contributed by atoms with van der Waals surface area (Å²) in [5, 5.41) is 3.73. The number of hydrogen-bond acceptors (Lipinski definition) is 3. The van der Waals surface area contributed by atoms with Crippen molar-refractivity contribution in [2.45, 2.75) is 58.2 Å². The summed E-state index contributed by atoms with van der Waals surface area (Å²) < 4.78 is 5.25. The molecule has 1 saturated heterocycles. The van der Waals surface area contributed by atoms with Crippen molar-refractivity contribution >= 4 is 0 Å². The lowest BCUT2D eigenvalue weighted by atomic mass is 9.86. The average molecular weight is 290 g/mol. The van der Waals surface area contributed by atoms with Crippen molar-refractivity contribution in [2.24, 2.45) is 0 Å². The first-order chi connectivity index (χ1) is 10.2. The van der Waals surface area contributed by atoms with E-state index in [-0.39, 0.29) is 0 Å². The van der Waals surface area contributed by atoms with Gasteiger partial charge in [-0.2, -0.15) is 0 Å². The van der Waals surface area contributed by atoms with E-state index in [9.17, 15) is 0 Å². The van der Waals surface area contributed by atoms with Crippen molar-refractivity contribution in [3.05, 3.63) is 29.8 Å². The molecule has 1 aromatic rings. The molecule has 2 rings (SSSR count). The van der Waals surface area contributed by atoms with E-state index in [2.05, 4.69) is 55.3 Å². The summed E-state index contributed by atoms with van der Waals surface area (Å²) in [6, 6.07) is 9.13. The zero-order chi connectivity index (χ0) is 15.3. The molecule has 0 aromatic heterocycles. The van der Waals surface area contributed by atoms with E-state index in [0.29, 0.717) is 11.6 Å². The molecule has 0 saturated carbocycles. The quantitative estimate of drug-likeness (QED) is 0.868. The van der Waals surface area contributed by atoms with Gasteiger partial charge in [0.05, 0.1) is 7.11 Å². The van der Waals surface area contributed by atoms with Crippen LogP contribution >= 0.6 is 0 Å². The molecule has 1 N–H and O–H groups in total. The topological polar surface area (TPSA) is 24.5 Å².